The molecule has 0 heterocycles. The number of carbonyl (C=O) groups is 2. The highest BCUT2D eigenvalue weighted by Gasteiger charge is 2.47. The van der Waals surface area contributed by atoms with Gasteiger partial charge in [0, 0.05) is 17.3 Å². The van der Waals surface area contributed by atoms with E-state index >= 15 is 0 Å². The summed E-state index contributed by atoms with van der Waals surface area (Å²) in [4.78, 5) is 22.6. The van der Waals surface area contributed by atoms with Gasteiger partial charge in [-0.1, -0.05) is 18.2 Å². The lowest BCUT2D eigenvalue weighted by Crippen LogP contribution is -2.40. The largest absolute Gasteiger partial charge is 0.506 e. The highest BCUT2D eigenvalue weighted by atomic mass is 35.5. The quantitative estimate of drug-likeness (QED) is 0.439. The molecule has 5 nitrogen and oxygen atoms in total. The number of hydrogen-bond donors (Lipinski definition) is 3. The topological polar surface area (TPSA) is 78.4 Å². The molecule has 0 aliphatic carbocycles. The van der Waals surface area contributed by atoms with Crippen LogP contribution in [0.2, 0.25) is 0 Å². The van der Waals surface area contributed by atoms with Crippen molar-refractivity contribution < 1.29 is 27.9 Å². The summed E-state index contributed by atoms with van der Waals surface area (Å²) in [5.41, 5.74) is -3.23. The van der Waals surface area contributed by atoms with Crippen LogP contribution in [-0.2, 0) is 9.59 Å². The zero-order valence-corrected chi connectivity index (χ0v) is 12.0. The van der Waals surface area contributed by atoms with Gasteiger partial charge in [0.05, 0.1) is 5.69 Å². The van der Waals surface area contributed by atoms with Gasteiger partial charge in [0.15, 0.2) is 0 Å². The van der Waals surface area contributed by atoms with E-state index in [1.54, 1.807) is 5.32 Å². The lowest BCUT2D eigenvalue weighted by molar-refractivity contribution is -0.144. The number of carbonyl (C=O) groups excluding carboxylic acids is 2. The van der Waals surface area contributed by atoms with Crippen LogP contribution >= 0.6 is 11.6 Å². The maximum Gasteiger partial charge on any atom is 0.368 e. The summed E-state index contributed by atoms with van der Waals surface area (Å²) in [6, 6.07) is 3.31. The molecular weight excluding hydrogens is 325 g/mol. The van der Waals surface area contributed by atoms with Crippen LogP contribution in [0.15, 0.2) is 30.4 Å². The minimum Gasteiger partial charge on any atom is -0.506 e. The van der Waals surface area contributed by atoms with Crippen LogP contribution in [0.3, 0.4) is 0 Å². The van der Waals surface area contributed by atoms with Crippen LogP contribution in [0.5, 0.6) is 5.75 Å². The molecule has 9 heteroatoms. The second kappa shape index (κ2) is 6.69. The molecule has 120 valence electrons. The van der Waals surface area contributed by atoms with Gasteiger partial charge in [-0.25, -0.2) is 4.39 Å². The van der Waals surface area contributed by atoms with Gasteiger partial charge >= 0.3 is 5.92 Å². The average molecular weight is 337 g/mol. The van der Waals surface area contributed by atoms with Crippen LogP contribution in [-0.4, -0.2) is 28.5 Å². The Labute approximate surface area is 128 Å². The molecule has 0 bridgehead atoms. The molecular formula is C13H12ClF3N2O3. The lowest BCUT2D eigenvalue weighted by Gasteiger charge is -2.16. The van der Waals surface area contributed by atoms with Crippen LogP contribution in [0, 0.1) is 0 Å². The number of hydrogen-bond acceptors (Lipinski definition) is 3. The Morgan fingerprint density at radius 2 is 1.95 bits per heavy atom. The molecule has 0 spiro atoms. The molecule has 0 saturated heterocycles. The van der Waals surface area contributed by atoms with E-state index in [4.69, 9.17) is 0 Å². The number of alkyl halides is 4. The number of halogens is 4. The fourth-order valence-corrected chi connectivity index (χ4v) is 1.36. The Bertz CT molecular complexity index is 621. The molecule has 0 fully saturated rings. The average Bonchev–Trinajstić information content (AvgIpc) is 2.41. The Hall–Kier alpha value is -2.22. The predicted molar refractivity (Wildman–Crippen MR) is 75.9 cm³/mol. The molecule has 1 atom stereocenters. The molecule has 0 aromatic heterocycles. The van der Waals surface area contributed by atoms with E-state index in [1.165, 1.54) is 13.0 Å². The van der Waals surface area contributed by atoms with Crippen molar-refractivity contribution in [3.8, 4) is 5.75 Å². The van der Waals surface area contributed by atoms with Gasteiger partial charge in [0.1, 0.15) is 5.75 Å². The molecule has 0 radical (unpaired) electrons. The highest BCUT2D eigenvalue weighted by Crippen LogP contribution is 2.31. The molecule has 3 N–H and O–H groups in total. The number of aromatic hydroxyl groups is 1. The zero-order valence-electron chi connectivity index (χ0n) is 11.3. The molecule has 0 aliphatic rings. The molecule has 1 aromatic rings. The Balaban J connectivity index is 2.89. The minimum absolute atomic E-state index is 0.149. The van der Waals surface area contributed by atoms with Crippen molar-refractivity contribution in [2.75, 3.05) is 10.6 Å². The Morgan fingerprint density at radius 1 is 1.36 bits per heavy atom. The molecule has 1 rings (SSSR count). The third kappa shape index (κ3) is 4.14. The monoisotopic (exact) mass is 336 g/mol. The molecule has 1 aromatic carbocycles. The summed E-state index contributed by atoms with van der Waals surface area (Å²) in [6.07, 6.45) is 0. The van der Waals surface area contributed by atoms with Crippen molar-refractivity contribution in [1.29, 1.82) is 0 Å². The number of phenolic OH excluding ortho intramolecular Hbond substituents is 1. The van der Waals surface area contributed by atoms with Gasteiger partial charge in [-0.2, -0.15) is 8.78 Å². The van der Waals surface area contributed by atoms with E-state index in [0.717, 1.165) is 12.1 Å². The van der Waals surface area contributed by atoms with E-state index < -0.39 is 34.8 Å². The first-order valence-electron chi connectivity index (χ1n) is 5.83. The molecule has 0 aliphatic heterocycles. The fourth-order valence-electron chi connectivity index (χ4n) is 1.26. The first-order valence-corrected chi connectivity index (χ1v) is 6.26. The molecule has 1 unspecified atom stereocenters. The molecule has 0 saturated carbocycles. The third-order valence-corrected chi connectivity index (χ3v) is 2.74. The first-order chi connectivity index (χ1) is 10.1. The summed E-state index contributed by atoms with van der Waals surface area (Å²) in [6.45, 7) is 4.87. The van der Waals surface area contributed by atoms with E-state index in [-0.39, 0.29) is 11.3 Å². The van der Waals surface area contributed by atoms with Crippen molar-refractivity contribution >= 4 is 34.8 Å². The normalized spacial score (nSPS) is 12.4. The number of phenols is 1. The SMILES string of the molecule is C=C(C)C(=O)Nc1ccc(NC(=O)C(F)(F)C(F)Cl)c(O)c1. The maximum atomic E-state index is 13.0. The van der Waals surface area contributed by atoms with Crippen LogP contribution in [0.4, 0.5) is 24.5 Å². The minimum atomic E-state index is -4.46. The molecule has 2 amide bonds. The summed E-state index contributed by atoms with van der Waals surface area (Å²) in [5.74, 6) is -7.58. The van der Waals surface area contributed by atoms with Crippen molar-refractivity contribution in [3.63, 3.8) is 0 Å². The van der Waals surface area contributed by atoms with E-state index in [9.17, 15) is 27.9 Å². The fraction of sp³-hybridized carbons (Fsp3) is 0.231. The van der Waals surface area contributed by atoms with Crippen molar-refractivity contribution in [2.24, 2.45) is 0 Å². The van der Waals surface area contributed by atoms with Crippen molar-refractivity contribution in [3.05, 3.63) is 30.4 Å². The van der Waals surface area contributed by atoms with Gasteiger partial charge in [-0.15, -0.1) is 0 Å². The Morgan fingerprint density at radius 3 is 2.41 bits per heavy atom. The van der Waals surface area contributed by atoms with Crippen molar-refractivity contribution in [2.45, 2.75) is 18.5 Å². The van der Waals surface area contributed by atoms with Crippen LogP contribution in [0.1, 0.15) is 6.92 Å². The van der Waals surface area contributed by atoms with Gasteiger partial charge in [0.2, 0.25) is 5.63 Å². The lowest BCUT2D eigenvalue weighted by atomic mass is 10.2. The Kier molecular flexibility index (Phi) is 5.43. The van der Waals surface area contributed by atoms with E-state index in [1.807, 2.05) is 0 Å². The third-order valence-electron chi connectivity index (χ3n) is 2.47. The zero-order chi connectivity index (χ0) is 17.1. The highest BCUT2D eigenvalue weighted by molar-refractivity contribution is 6.22. The first kappa shape index (κ1) is 17.8. The standard InChI is InChI=1S/C13H12ClF3N2O3/c1-6(2)10(21)18-7-3-4-8(9(20)5-7)19-12(22)13(16,17)11(14)15/h3-5,11,20H,1H2,2H3,(H,18,21)(H,19,22). The predicted octanol–water partition coefficient (Wildman–Crippen LogP) is 3.02. The summed E-state index contributed by atoms with van der Waals surface area (Å²) < 4.78 is 38.5. The summed E-state index contributed by atoms with van der Waals surface area (Å²) >= 11 is 4.59. The maximum absolute atomic E-state index is 13.0. The number of anilines is 2. The van der Waals surface area contributed by atoms with Gasteiger partial charge in [-0.3, -0.25) is 9.59 Å². The van der Waals surface area contributed by atoms with Crippen LogP contribution < -0.4 is 10.6 Å². The number of benzene rings is 1. The van der Waals surface area contributed by atoms with Gasteiger partial charge in [-0.05, 0) is 19.1 Å². The van der Waals surface area contributed by atoms with Crippen molar-refractivity contribution in [1.82, 2.24) is 0 Å². The summed E-state index contributed by atoms with van der Waals surface area (Å²) in [7, 11) is 0. The summed E-state index contributed by atoms with van der Waals surface area (Å²) in [5, 5.41) is 13.6. The van der Waals surface area contributed by atoms with Gasteiger partial charge < -0.3 is 15.7 Å². The van der Waals surface area contributed by atoms with E-state index in [0.29, 0.717) is 0 Å². The number of amides is 2. The second-order valence-corrected chi connectivity index (χ2v) is 4.73. The number of nitrogens with one attached hydrogen (secondary N) is 2. The van der Waals surface area contributed by atoms with E-state index in [2.05, 4.69) is 23.5 Å². The number of rotatable bonds is 5. The molecule has 22 heavy (non-hydrogen) atoms. The van der Waals surface area contributed by atoms with Gasteiger partial charge in [0.25, 0.3) is 11.8 Å². The second-order valence-electron chi connectivity index (χ2n) is 4.34. The van der Waals surface area contributed by atoms with Crippen LogP contribution in [0.25, 0.3) is 0 Å². The smallest absolute Gasteiger partial charge is 0.368 e.